The van der Waals surface area contributed by atoms with E-state index in [2.05, 4.69) is 10.1 Å². The molecule has 0 N–H and O–H groups in total. The number of unbranched alkanes of at least 4 members (excludes halogenated alkanes) is 1. The van der Waals surface area contributed by atoms with Gasteiger partial charge in [0.2, 0.25) is 5.90 Å². The second-order valence-electron chi connectivity index (χ2n) is 5.86. The number of aliphatic imine (C=N–C) groups is 1. The Bertz CT molecular complexity index is 661. The van der Waals surface area contributed by atoms with Gasteiger partial charge in [0.05, 0.1) is 18.3 Å². The maximum atomic E-state index is 5.76. The number of rotatable bonds is 7. The average Bonchev–Trinajstić information content (AvgIpc) is 3.16. The van der Waals surface area contributed by atoms with Crippen molar-refractivity contribution >= 4 is 5.90 Å². The molecule has 1 unspecified atom stereocenters. The van der Waals surface area contributed by atoms with E-state index in [0.29, 0.717) is 13.2 Å². The smallest absolute Gasteiger partial charge is 0.216 e. The number of aryl methyl sites for hydroxylation is 2. The second kappa shape index (κ2) is 7.31. The zero-order valence-corrected chi connectivity index (χ0v) is 13.6. The van der Waals surface area contributed by atoms with Crippen LogP contribution in [0.25, 0.3) is 0 Å². The lowest BCUT2D eigenvalue weighted by Crippen LogP contribution is -2.02. The van der Waals surface area contributed by atoms with E-state index in [1.807, 2.05) is 44.2 Å². The molecule has 0 radical (unpaired) electrons. The molecule has 0 amide bonds. The van der Waals surface area contributed by atoms with Crippen molar-refractivity contribution in [2.75, 3.05) is 13.2 Å². The zero-order valence-electron chi connectivity index (χ0n) is 13.6. The third-order valence-corrected chi connectivity index (χ3v) is 3.66. The lowest BCUT2D eigenvalue weighted by molar-refractivity contribution is 0.302. The number of aromatic nitrogens is 1. The first kappa shape index (κ1) is 15.6. The fraction of sp³-hybridized carbons (Fsp3) is 0.444. The number of benzene rings is 1. The van der Waals surface area contributed by atoms with Crippen LogP contribution in [0.4, 0.5) is 0 Å². The highest BCUT2D eigenvalue weighted by molar-refractivity contribution is 5.95. The first-order chi connectivity index (χ1) is 11.2. The fourth-order valence-corrected chi connectivity index (χ4v) is 2.45. The normalized spacial score (nSPS) is 17.0. The van der Waals surface area contributed by atoms with Crippen LogP contribution in [0.5, 0.6) is 5.75 Å². The Balaban J connectivity index is 1.39. The van der Waals surface area contributed by atoms with Crippen LogP contribution in [0.15, 0.2) is 39.8 Å². The van der Waals surface area contributed by atoms with Gasteiger partial charge in [-0.05, 0) is 51.0 Å². The van der Waals surface area contributed by atoms with E-state index in [9.17, 15) is 0 Å². The summed E-state index contributed by atoms with van der Waals surface area (Å²) in [7, 11) is 0. The Labute approximate surface area is 136 Å². The Morgan fingerprint density at radius 1 is 1.22 bits per heavy atom. The summed E-state index contributed by atoms with van der Waals surface area (Å²) in [4.78, 5) is 4.45. The van der Waals surface area contributed by atoms with Gasteiger partial charge in [0.15, 0.2) is 0 Å². The monoisotopic (exact) mass is 314 g/mol. The molecule has 0 saturated carbocycles. The maximum Gasteiger partial charge on any atom is 0.216 e. The summed E-state index contributed by atoms with van der Waals surface area (Å²) in [5, 5.41) is 3.88. The molecule has 2 heterocycles. The Morgan fingerprint density at radius 2 is 2.04 bits per heavy atom. The van der Waals surface area contributed by atoms with Gasteiger partial charge in [-0.1, -0.05) is 5.16 Å². The van der Waals surface area contributed by atoms with Crippen molar-refractivity contribution in [3.05, 3.63) is 47.3 Å². The molecule has 1 aromatic heterocycles. The van der Waals surface area contributed by atoms with Crippen LogP contribution in [0, 0.1) is 6.92 Å². The third kappa shape index (κ3) is 4.34. The topological polar surface area (TPSA) is 56.9 Å². The minimum atomic E-state index is 0.245. The van der Waals surface area contributed by atoms with Crippen LogP contribution in [-0.4, -0.2) is 30.3 Å². The van der Waals surface area contributed by atoms with Crippen molar-refractivity contribution in [2.45, 2.75) is 39.2 Å². The highest BCUT2D eigenvalue weighted by atomic mass is 16.5. The van der Waals surface area contributed by atoms with E-state index < -0.39 is 0 Å². The molecule has 5 heteroatoms. The lowest BCUT2D eigenvalue weighted by Gasteiger charge is -2.07. The van der Waals surface area contributed by atoms with E-state index in [-0.39, 0.29) is 6.04 Å². The molecule has 122 valence electrons. The van der Waals surface area contributed by atoms with Crippen LogP contribution >= 0.6 is 0 Å². The average molecular weight is 314 g/mol. The van der Waals surface area contributed by atoms with Gasteiger partial charge in [-0.15, -0.1) is 0 Å². The maximum absolute atomic E-state index is 5.76. The van der Waals surface area contributed by atoms with Crippen LogP contribution in [-0.2, 0) is 11.2 Å². The molecule has 0 spiro atoms. The summed E-state index contributed by atoms with van der Waals surface area (Å²) in [6.45, 7) is 5.34. The van der Waals surface area contributed by atoms with Gasteiger partial charge in [-0.2, -0.15) is 0 Å². The molecule has 0 aliphatic carbocycles. The van der Waals surface area contributed by atoms with Crippen molar-refractivity contribution in [1.29, 1.82) is 0 Å². The van der Waals surface area contributed by atoms with Crippen molar-refractivity contribution in [2.24, 2.45) is 4.99 Å². The Hall–Kier alpha value is -2.30. The molecule has 3 rings (SSSR count). The van der Waals surface area contributed by atoms with Crippen LogP contribution in [0.1, 0.15) is 36.8 Å². The highest BCUT2D eigenvalue weighted by Gasteiger charge is 2.15. The molecule has 2 aromatic rings. The van der Waals surface area contributed by atoms with Gasteiger partial charge in [0.25, 0.3) is 0 Å². The van der Waals surface area contributed by atoms with Gasteiger partial charge in [0.1, 0.15) is 18.1 Å². The van der Waals surface area contributed by atoms with Crippen LogP contribution in [0.2, 0.25) is 0 Å². The van der Waals surface area contributed by atoms with Crippen LogP contribution in [0.3, 0.4) is 0 Å². The first-order valence-corrected chi connectivity index (χ1v) is 8.07. The predicted molar refractivity (Wildman–Crippen MR) is 88.1 cm³/mol. The SMILES string of the molecule is Cc1cc(CCCCOc2ccc(C3=NC(C)CO3)cc2)on1. The number of ether oxygens (including phenoxy) is 2. The molecular weight excluding hydrogens is 292 g/mol. The lowest BCUT2D eigenvalue weighted by atomic mass is 10.2. The van der Waals surface area contributed by atoms with Gasteiger partial charge in [-0.3, -0.25) is 0 Å². The number of hydrogen-bond donors (Lipinski definition) is 0. The quantitative estimate of drug-likeness (QED) is 0.733. The summed E-state index contributed by atoms with van der Waals surface area (Å²) >= 11 is 0. The Kier molecular flexibility index (Phi) is 4.95. The summed E-state index contributed by atoms with van der Waals surface area (Å²) in [5.41, 5.74) is 1.93. The van der Waals surface area contributed by atoms with E-state index in [1.54, 1.807) is 0 Å². The molecule has 1 aliphatic rings. The molecule has 1 aromatic carbocycles. The summed E-state index contributed by atoms with van der Waals surface area (Å²) in [6.07, 6.45) is 2.91. The standard InChI is InChI=1S/C18H22N2O3/c1-13-11-17(23-20-13)5-3-4-10-21-16-8-6-15(7-9-16)18-19-14(2)12-22-18/h6-9,11,14H,3-5,10,12H2,1-2H3. The Morgan fingerprint density at radius 3 is 2.70 bits per heavy atom. The zero-order chi connectivity index (χ0) is 16.1. The van der Waals surface area contributed by atoms with Crippen molar-refractivity contribution in [1.82, 2.24) is 5.16 Å². The van der Waals surface area contributed by atoms with Crippen LogP contribution < -0.4 is 4.74 Å². The predicted octanol–water partition coefficient (Wildman–Crippen LogP) is 3.55. The van der Waals surface area contributed by atoms with E-state index in [4.69, 9.17) is 14.0 Å². The van der Waals surface area contributed by atoms with E-state index >= 15 is 0 Å². The van der Waals surface area contributed by atoms with Gasteiger partial charge < -0.3 is 14.0 Å². The van der Waals surface area contributed by atoms with E-state index in [1.165, 1.54) is 0 Å². The van der Waals surface area contributed by atoms with Gasteiger partial charge in [-0.25, -0.2) is 4.99 Å². The first-order valence-electron chi connectivity index (χ1n) is 8.07. The molecule has 1 aliphatic heterocycles. The largest absolute Gasteiger partial charge is 0.494 e. The van der Waals surface area contributed by atoms with Crippen molar-refractivity contribution in [3.8, 4) is 5.75 Å². The minimum absolute atomic E-state index is 0.245. The summed E-state index contributed by atoms with van der Waals surface area (Å²) < 4.78 is 16.5. The minimum Gasteiger partial charge on any atom is -0.494 e. The molecule has 23 heavy (non-hydrogen) atoms. The highest BCUT2D eigenvalue weighted by Crippen LogP contribution is 2.17. The molecule has 0 bridgehead atoms. The second-order valence-corrected chi connectivity index (χ2v) is 5.86. The molecule has 1 atom stereocenters. The molecular formula is C18H22N2O3. The van der Waals surface area contributed by atoms with Crippen molar-refractivity contribution in [3.63, 3.8) is 0 Å². The number of hydrogen-bond acceptors (Lipinski definition) is 5. The number of nitrogens with zero attached hydrogens (tertiary/aromatic N) is 2. The van der Waals surface area contributed by atoms with Gasteiger partial charge >= 0.3 is 0 Å². The summed E-state index contributed by atoms with van der Waals surface area (Å²) in [6, 6.07) is 10.1. The molecule has 5 nitrogen and oxygen atoms in total. The van der Waals surface area contributed by atoms with Gasteiger partial charge in [0, 0.05) is 18.1 Å². The van der Waals surface area contributed by atoms with E-state index in [0.717, 1.165) is 47.9 Å². The molecule has 0 fully saturated rings. The van der Waals surface area contributed by atoms with Crippen molar-refractivity contribution < 1.29 is 14.0 Å². The fourth-order valence-electron chi connectivity index (χ4n) is 2.45. The summed E-state index contributed by atoms with van der Waals surface area (Å²) in [5.74, 6) is 2.54. The molecule has 0 saturated heterocycles. The third-order valence-electron chi connectivity index (χ3n) is 3.66.